The number of fused-ring (bicyclic) bond motifs is 1. The molecular formula is C23H24ClF3N4O2. The summed E-state index contributed by atoms with van der Waals surface area (Å²) >= 11 is 6.37. The van der Waals surface area contributed by atoms with E-state index in [1.165, 1.54) is 16.9 Å². The van der Waals surface area contributed by atoms with Crippen LogP contribution in [0.1, 0.15) is 50.8 Å². The first-order chi connectivity index (χ1) is 15.4. The van der Waals surface area contributed by atoms with Crippen molar-refractivity contribution in [2.75, 3.05) is 13.1 Å². The lowest BCUT2D eigenvalue weighted by molar-refractivity contribution is -0.137. The Morgan fingerprint density at radius 2 is 1.97 bits per heavy atom. The molecule has 0 saturated carbocycles. The average Bonchev–Trinajstić information content (AvgIpc) is 3.15. The van der Waals surface area contributed by atoms with Crippen molar-refractivity contribution in [1.29, 1.82) is 0 Å². The van der Waals surface area contributed by atoms with Crippen LogP contribution in [0, 0.1) is 0 Å². The Balaban J connectivity index is 1.66. The summed E-state index contributed by atoms with van der Waals surface area (Å²) in [6, 6.07) is 5.38. The maximum atomic E-state index is 13.2. The molecule has 1 unspecified atom stereocenters. The van der Waals surface area contributed by atoms with E-state index in [0.29, 0.717) is 35.1 Å². The van der Waals surface area contributed by atoms with E-state index in [1.807, 2.05) is 20.8 Å². The molecule has 4 rings (SSSR count). The summed E-state index contributed by atoms with van der Waals surface area (Å²) in [5.74, 6) is -0.0729. The topological polar surface area (TPSA) is 59.7 Å². The molecule has 0 spiro atoms. The molecule has 10 heteroatoms. The van der Waals surface area contributed by atoms with Gasteiger partial charge in [-0.1, -0.05) is 11.6 Å². The number of amides is 1. The monoisotopic (exact) mass is 480 g/mol. The van der Waals surface area contributed by atoms with Crippen molar-refractivity contribution in [1.82, 2.24) is 19.5 Å². The molecule has 1 atom stereocenters. The molecule has 1 aliphatic heterocycles. The standard InChI is InChI=1S/C23H24ClF3N4O2/c1-22(2,3)33-21(32)30-7-4-5-14(13-30)18-10-16(24)11-19(29-18)17-12-28-31-8-6-15(9-20(17)31)23(25,26)27/h6,8-12,14H,4-5,7,13H2,1-3H3. The van der Waals surface area contributed by atoms with Crippen LogP contribution in [0.4, 0.5) is 18.0 Å². The molecule has 0 aromatic carbocycles. The van der Waals surface area contributed by atoms with E-state index in [4.69, 9.17) is 21.3 Å². The summed E-state index contributed by atoms with van der Waals surface area (Å²) in [7, 11) is 0. The number of nitrogens with zero attached hydrogens (tertiary/aromatic N) is 4. The molecule has 1 amide bonds. The molecule has 0 aliphatic carbocycles. The number of pyridine rings is 2. The van der Waals surface area contributed by atoms with E-state index in [2.05, 4.69) is 5.10 Å². The zero-order valence-corrected chi connectivity index (χ0v) is 19.2. The van der Waals surface area contributed by atoms with Gasteiger partial charge in [0.05, 0.1) is 23.0 Å². The van der Waals surface area contributed by atoms with Crippen LogP contribution < -0.4 is 0 Å². The second-order valence-electron chi connectivity index (χ2n) is 9.16. The highest BCUT2D eigenvalue weighted by molar-refractivity contribution is 6.30. The molecule has 3 aromatic heterocycles. The fourth-order valence-corrected chi connectivity index (χ4v) is 4.14. The van der Waals surface area contributed by atoms with Gasteiger partial charge in [-0.05, 0) is 57.9 Å². The molecule has 33 heavy (non-hydrogen) atoms. The Hall–Kier alpha value is -2.81. The van der Waals surface area contributed by atoms with Gasteiger partial charge in [-0.3, -0.25) is 4.98 Å². The summed E-state index contributed by atoms with van der Waals surface area (Å²) < 4.78 is 46.5. The first-order valence-corrected chi connectivity index (χ1v) is 11.0. The van der Waals surface area contributed by atoms with E-state index in [0.717, 1.165) is 25.0 Å². The molecule has 0 radical (unpaired) electrons. The minimum absolute atomic E-state index is 0.0729. The second kappa shape index (κ2) is 8.52. The number of hydrogen-bond acceptors (Lipinski definition) is 4. The summed E-state index contributed by atoms with van der Waals surface area (Å²) in [6.07, 6.45) is -0.517. The van der Waals surface area contributed by atoms with Crippen LogP contribution in [0.5, 0.6) is 0 Å². The first kappa shape index (κ1) is 23.4. The van der Waals surface area contributed by atoms with E-state index in [9.17, 15) is 18.0 Å². The van der Waals surface area contributed by atoms with E-state index in [1.54, 1.807) is 17.0 Å². The van der Waals surface area contributed by atoms with Crippen molar-refractivity contribution in [2.45, 2.75) is 51.3 Å². The number of likely N-dealkylation sites (tertiary alicyclic amines) is 1. The number of ether oxygens (including phenoxy) is 1. The summed E-state index contributed by atoms with van der Waals surface area (Å²) in [5.41, 5.74) is 0.483. The molecule has 1 fully saturated rings. The third-order valence-electron chi connectivity index (χ3n) is 5.43. The van der Waals surface area contributed by atoms with Crippen molar-refractivity contribution < 1.29 is 22.7 Å². The molecule has 0 N–H and O–H groups in total. The van der Waals surface area contributed by atoms with Gasteiger partial charge in [0, 0.05) is 41.5 Å². The largest absolute Gasteiger partial charge is 0.444 e. The van der Waals surface area contributed by atoms with Gasteiger partial charge in [-0.15, -0.1) is 0 Å². The minimum Gasteiger partial charge on any atom is -0.444 e. The lowest BCUT2D eigenvalue weighted by Crippen LogP contribution is -2.42. The maximum absolute atomic E-state index is 13.2. The fourth-order valence-electron chi connectivity index (χ4n) is 3.93. The van der Waals surface area contributed by atoms with Crippen LogP contribution in [0.2, 0.25) is 5.02 Å². The summed E-state index contributed by atoms with van der Waals surface area (Å²) in [4.78, 5) is 18.9. The van der Waals surface area contributed by atoms with Crippen molar-refractivity contribution in [3.05, 3.63) is 52.9 Å². The maximum Gasteiger partial charge on any atom is 0.416 e. The van der Waals surface area contributed by atoms with Crippen molar-refractivity contribution in [3.63, 3.8) is 0 Å². The summed E-state index contributed by atoms with van der Waals surface area (Å²) in [5, 5.41) is 4.57. The van der Waals surface area contributed by atoms with Crippen molar-refractivity contribution in [3.8, 4) is 11.3 Å². The van der Waals surface area contributed by atoms with E-state index >= 15 is 0 Å². The number of carbonyl (C=O) groups excluding carboxylic acids is 1. The van der Waals surface area contributed by atoms with Gasteiger partial charge >= 0.3 is 12.3 Å². The third kappa shape index (κ3) is 5.24. The molecule has 6 nitrogen and oxygen atoms in total. The number of carbonyl (C=O) groups is 1. The number of aromatic nitrogens is 3. The predicted octanol–water partition coefficient (Wildman–Crippen LogP) is 6.18. The molecule has 176 valence electrons. The Morgan fingerprint density at radius 3 is 2.67 bits per heavy atom. The van der Waals surface area contributed by atoms with Gasteiger partial charge in [0.1, 0.15) is 5.60 Å². The average molecular weight is 481 g/mol. The lowest BCUT2D eigenvalue weighted by atomic mass is 9.94. The van der Waals surface area contributed by atoms with Crippen molar-refractivity contribution >= 4 is 23.2 Å². The number of alkyl halides is 3. The second-order valence-corrected chi connectivity index (χ2v) is 9.60. The Kier molecular flexibility index (Phi) is 6.03. The molecule has 1 aliphatic rings. The summed E-state index contributed by atoms with van der Waals surface area (Å²) in [6.45, 7) is 6.47. The van der Waals surface area contributed by atoms with Crippen LogP contribution in [0.15, 0.2) is 36.7 Å². The van der Waals surface area contributed by atoms with Crippen LogP contribution in [-0.4, -0.2) is 44.3 Å². The molecule has 1 saturated heterocycles. The predicted molar refractivity (Wildman–Crippen MR) is 118 cm³/mol. The van der Waals surface area contributed by atoms with Gasteiger partial charge in [-0.2, -0.15) is 18.3 Å². The Bertz CT molecular complexity index is 1190. The van der Waals surface area contributed by atoms with Gasteiger partial charge in [-0.25, -0.2) is 9.31 Å². The highest BCUT2D eigenvalue weighted by atomic mass is 35.5. The zero-order valence-electron chi connectivity index (χ0n) is 18.5. The fraction of sp³-hybridized carbons (Fsp3) is 0.435. The Morgan fingerprint density at radius 1 is 1.21 bits per heavy atom. The minimum atomic E-state index is -4.47. The van der Waals surface area contributed by atoms with Crippen LogP contribution >= 0.6 is 11.6 Å². The number of hydrogen-bond donors (Lipinski definition) is 0. The molecule has 3 aromatic rings. The van der Waals surface area contributed by atoms with Crippen LogP contribution in [0.25, 0.3) is 16.8 Å². The van der Waals surface area contributed by atoms with Gasteiger partial charge in [0.2, 0.25) is 0 Å². The first-order valence-electron chi connectivity index (χ1n) is 10.6. The zero-order chi connectivity index (χ0) is 24.0. The normalized spacial score (nSPS) is 17.4. The lowest BCUT2D eigenvalue weighted by Gasteiger charge is -2.34. The van der Waals surface area contributed by atoms with E-state index < -0.39 is 17.3 Å². The quantitative estimate of drug-likeness (QED) is 0.439. The molecular weight excluding hydrogens is 457 g/mol. The van der Waals surface area contributed by atoms with Gasteiger partial charge < -0.3 is 9.64 Å². The Labute approximate surface area is 194 Å². The highest BCUT2D eigenvalue weighted by Gasteiger charge is 2.32. The SMILES string of the molecule is CC(C)(C)OC(=O)N1CCCC(c2cc(Cl)cc(-c3cnn4ccc(C(F)(F)F)cc34)n2)C1. The molecule has 0 bridgehead atoms. The smallest absolute Gasteiger partial charge is 0.416 e. The van der Waals surface area contributed by atoms with Crippen molar-refractivity contribution in [2.24, 2.45) is 0 Å². The molecule has 4 heterocycles. The number of piperidine rings is 1. The van der Waals surface area contributed by atoms with Gasteiger partial charge in [0.15, 0.2) is 0 Å². The highest BCUT2D eigenvalue weighted by Crippen LogP contribution is 2.34. The third-order valence-corrected chi connectivity index (χ3v) is 5.64. The van der Waals surface area contributed by atoms with Crippen LogP contribution in [-0.2, 0) is 10.9 Å². The number of halogens is 4. The van der Waals surface area contributed by atoms with Crippen LogP contribution in [0.3, 0.4) is 0 Å². The van der Waals surface area contributed by atoms with Gasteiger partial charge in [0.25, 0.3) is 0 Å². The number of rotatable bonds is 2. The van der Waals surface area contributed by atoms with E-state index in [-0.39, 0.29) is 17.5 Å².